The van der Waals surface area contributed by atoms with Gasteiger partial charge in [-0.05, 0) is 18.2 Å². The summed E-state index contributed by atoms with van der Waals surface area (Å²) in [7, 11) is 0. The van der Waals surface area contributed by atoms with Crippen molar-refractivity contribution in [2.75, 3.05) is 6.54 Å². The molecule has 22 heavy (non-hydrogen) atoms. The van der Waals surface area contributed by atoms with E-state index in [0.29, 0.717) is 19.0 Å². The highest BCUT2D eigenvalue weighted by molar-refractivity contribution is 5.78. The van der Waals surface area contributed by atoms with Crippen LogP contribution in [0, 0.1) is 5.92 Å². The minimum atomic E-state index is -0.105. The van der Waals surface area contributed by atoms with E-state index in [1.54, 1.807) is 6.20 Å². The molecule has 2 aromatic rings. The Hall–Kier alpha value is -2.30. The number of aromatic nitrogens is 2. The van der Waals surface area contributed by atoms with Gasteiger partial charge in [0.15, 0.2) is 0 Å². The lowest BCUT2D eigenvalue weighted by molar-refractivity contribution is -0.136. The SMILES string of the molecule is CC(C)C(=O)N1Cc2cccn2CC(Oc2ccccn2)C1. The molecule has 2 aromatic heterocycles. The Morgan fingerprint density at radius 2 is 2.14 bits per heavy atom. The van der Waals surface area contributed by atoms with E-state index in [1.165, 1.54) is 0 Å². The second-order valence-electron chi connectivity index (χ2n) is 5.93. The molecule has 1 atom stereocenters. The number of rotatable bonds is 3. The summed E-state index contributed by atoms with van der Waals surface area (Å²) >= 11 is 0. The lowest BCUT2D eigenvalue weighted by atomic mass is 10.1. The molecular weight excluding hydrogens is 278 g/mol. The van der Waals surface area contributed by atoms with E-state index in [0.717, 1.165) is 12.2 Å². The van der Waals surface area contributed by atoms with Crippen LogP contribution in [0.3, 0.4) is 0 Å². The number of amides is 1. The Kier molecular flexibility index (Phi) is 4.13. The fourth-order valence-corrected chi connectivity index (χ4v) is 2.75. The Morgan fingerprint density at radius 3 is 2.86 bits per heavy atom. The Labute approximate surface area is 130 Å². The molecule has 0 aromatic carbocycles. The number of carbonyl (C=O) groups excluding carboxylic acids is 1. The Balaban J connectivity index is 1.82. The lowest BCUT2D eigenvalue weighted by Crippen LogP contribution is -2.40. The van der Waals surface area contributed by atoms with Crippen LogP contribution in [0.15, 0.2) is 42.7 Å². The maximum atomic E-state index is 12.4. The average Bonchev–Trinajstić information content (AvgIpc) is 2.86. The van der Waals surface area contributed by atoms with Crippen LogP contribution in [0.25, 0.3) is 0 Å². The summed E-state index contributed by atoms with van der Waals surface area (Å²) in [5, 5.41) is 0. The minimum absolute atomic E-state index is 0.0167. The van der Waals surface area contributed by atoms with Crippen molar-refractivity contribution in [2.24, 2.45) is 5.92 Å². The van der Waals surface area contributed by atoms with Crippen LogP contribution in [0.4, 0.5) is 0 Å². The van der Waals surface area contributed by atoms with Gasteiger partial charge in [0.05, 0.1) is 19.6 Å². The maximum Gasteiger partial charge on any atom is 0.225 e. The van der Waals surface area contributed by atoms with Gasteiger partial charge in [-0.15, -0.1) is 0 Å². The fraction of sp³-hybridized carbons (Fsp3) is 0.412. The van der Waals surface area contributed by atoms with Crippen molar-refractivity contribution in [2.45, 2.75) is 33.0 Å². The largest absolute Gasteiger partial charge is 0.471 e. The molecule has 0 bridgehead atoms. The number of hydrogen-bond donors (Lipinski definition) is 0. The predicted octanol–water partition coefficient (Wildman–Crippen LogP) is 2.33. The molecule has 0 N–H and O–H groups in total. The van der Waals surface area contributed by atoms with E-state index in [4.69, 9.17) is 4.74 Å². The predicted molar refractivity (Wildman–Crippen MR) is 83.3 cm³/mol. The molecule has 0 aliphatic carbocycles. The van der Waals surface area contributed by atoms with Gasteiger partial charge in [0, 0.05) is 30.1 Å². The van der Waals surface area contributed by atoms with Gasteiger partial charge in [0.25, 0.3) is 0 Å². The third kappa shape index (κ3) is 3.13. The molecule has 5 nitrogen and oxygen atoms in total. The van der Waals surface area contributed by atoms with Crippen LogP contribution in [0.1, 0.15) is 19.5 Å². The summed E-state index contributed by atoms with van der Waals surface area (Å²) in [5.74, 6) is 0.737. The van der Waals surface area contributed by atoms with E-state index in [1.807, 2.05) is 49.2 Å². The van der Waals surface area contributed by atoms with Crippen molar-refractivity contribution in [1.29, 1.82) is 0 Å². The van der Waals surface area contributed by atoms with E-state index in [2.05, 4.69) is 15.6 Å². The summed E-state index contributed by atoms with van der Waals surface area (Å²) in [6, 6.07) is 9.67. The number of carbonyl (C=O) groups is 1. The third-order valence-electron chi connectivity index (χ3n) is 3.83. The highest BCUT2D eigenvalue weighted by Gasteiger charge is 2.27. The third-order valence-corrected chi connectivity index (χ3v) is 3.83. The van der Waals surface area contributed by atoms with E-state index >= 15 is 0 Å². The summed E-state index contributed by atoms with van der Waals surface area (Å²) in [5.41, 5.74) is 1.14. The number of nitrogens with zero attached hydrogens (tertiary/aromatic N) is 3. The van der Waals surface area contributed by atoms with Crippen molar-refractivity contribution in [3.05, 3.63) is 48.4 Å². The van der Waals surface area contributed by atoms with E-state index in [9.17, 15) is 4.79 Å². The number of hydrogen-bond acceptors (Lipinski definition) is 3. The molecular formula is C17H21N3O2. The minimum Gasteiger partial charge on any atom is -0.471 e. The molecule has 0 spiro atoms. The molecule has 3 heterocycles. The first-order valence-corrected chi connectivity index (χ1v) is 7.64. The smallest absolute Gasteiger partial charge is 0.225 e. The highest BCUT2D eigenvalue weighted by atomic mass is 16.5. The lowest BCUT2D eigenvalue weighted by Gasteiger charge is -2.26. The van der Waals surface area contributed by atoms with Crippen molar-refractivity contribution < 1.29 is 9.53 Å². The topological polar surface area (TPSA) is 47.4 Å². The zero-order valence-corrected chi connectivity index (χ0v) is 13.0. The summed E-state index contributed by atoms with van der Waals surface area (Å²) in [6.07, 6.45) is 3.64. The van der Waals surface area contributed by atoms with Crippen LogP contribution in [-0.4, -0.2) is 33.0 Å². The van der Waals surface area contributed by atoms with Gasteiger partial charge in [0.2, 0.25) is 11.8 Å². The molecule has 1 amide bonds. The van der Waals surface area contributed by atoms with E-state index in [-0.39, 0.29) is 17.9 Å². The summed E-state index contributed by atoms with van der Waals surface area (Å²) in [4.78, 5) is 18.5. The molecule has 1 aliphatic rings. The van der Waals surface area contributed by atoms with Crippen molar-refractivity contribution >= 4 is 5.91 Å². The molecule has 116 valence electrons. The van der Waals surface area contributed by atoms with Crippen molar-refractivity contribution in [3.8, 4) is 5.88 Å². The van der Waals surface area contributed by atoms with Gasteiger partial charge in [-0.2, -0.15) is 0 Å². The maximum absolute atomic E-state index is 12.4. The Morgan fingerprint density at radius 1 is 1.27 bits per heavy atom. The van der Waals surface area contributed by atoms with Crippen LogP contribution in [-0.2, 0) is 17.9 Å². The van der Waals surface area contributed by atoms with Gasteiger partial charge in [-0.25, -0.2) is 4.98 Å². The first kappa shape index (κ1) is 14.6. The second-order valence-corrected chi connectivity index (χ2v) is 5.93. The molecule has 3 rings (SSSR count). The second kappa shape index (κ2) is 6.22. The fourth-order valence-electron chi connectivity index (χ4n) is 2.75. The summed E-state index contributed by atoms with van der Waals surface area (Å²) in [6.45, 7) is 5.80. The van der Waals surface area contributed by atoms with Gasteiger partial charge >= 0.3 is 0 Å². The van der Waals surface area contributed by atoms with Crippen molar-refractivity contribution in [3.63, 3.8) is 0 Å². The monoisotopic (exact) mass is 299 g/mol. The van der Waals surface area contributed by atoms with Crippen LogP contribution in [0.2, 0.25) is 0 Å². The highest BCUT2D eigenvalue weighted by Crippen LogP contribution is 2.18. The van der Waals surface area contributed by atoms with Crippen LogP contribution >= 0.6 is 0 Å². The van der Waals surface area contributed by atoms with Gasteiger partial charge in [-0.1, -0.05) is 19.9 Å². The van der Waals surface area contributed by atoms with Crippen molar-refractivity contribution in [1.82, 2.24) is 14.5 Å². The molecule has 1 aliphatic heterocycles. The molecule has 0 fully saturated rings. The zero-order valence-electron chi connectivity index (χ0n) is 13.0. The van der Waals surface area contributed by atoms with Crippen LogP contribution < -0.4 is 4.74 Å². The summed E-state index contributed by atoms with van der Waals surface area (Å²) < 4.78 is 8.15. The molecule has 0 saturated carbocycles. The first-order chi connectivity index (χ1) is 10.6. The molecule has 0 saturated heterocycles. The number of fused-ring (bicyclic) bond motifs is 1. The Bertz CT molecular complexity index is 636. The van der Waals surface area contributed by atoms with Crippen LogP contribution in [0.5, 0.6) is 5.88 Å². The molecule has 0 radical (unpaired) electrons. The zero-order chi connectivity index (χ0) is 15.5. The average molecular weight is 299 g/mol. The van der Waals surface area contributed by atoms with Gasteiger partial charge < -0.3 is 14.2 Å². The number of ether oxygens (including phenoxy) is 1. The molecule has 5 heteroatoms. The normalized spacial score (nSPS) is 18.0. The standard InChI is InChI=1S/C17H21N3O2/c1-13(2)17(21)20-10-14-6-5-9-19(14)11-15(12-20)22-16-7-3-4-8-18-16/h3-9,13,15H,10-12H2,1-2H3. The molecule has 1 unspecified atom stereocenters. The van der Waals surface area contributed by atoms with E-state index < -0.39 is 0 Å². The van der Waals surface area contributed by atoms with Gasteiger partial charge in [0.1, 0.15) is 6.10 Å². The first-order valence-electron chi connectivity index (χ1n) is 7.64. The number of pyridine rings is 1. The quantitative estimate of drug-likeness (QED) is 0.874. The van der Waals surface area contributed by atoms with Gasteiger partial charge in [-0.3, -0.25) is 4.79 Å².